The third-order valence-corrected chi connectivity index (χ3v) is 4.67. The molecule has 0 aliphatic rings. The summed E-state index contributed by atoms with van der Waals surface area (Å²) in [5.41, 5.74) is 8.49. The maximum absolute atomic E-state index is 9.05. The van der Waals surface area contributed by atoms with E-state index in [1.54, 1.807) is 0 Å². The van der Waals surface area contributed by atoms with Gasteiger partial charge in [0.25, 0.3) is 0 Å². The van der Waals surface area contributed by atoms with E-state index in [0.717, 1.165) is 26.9 Å². The summed E-state index contributed by atoms with van der Waals surface area (Å²) < 4.78 is 0.930. The van der Waals surface area contributed by atoms with Crippen molar-refractivity contribution < 1.29 is 0 Å². The summed E-state index contributed by atoms with van der Waals surface area (Å²) in [7, 11) is 0. The monoisotopic (exact) mass is 340 g/mol. The van der Waals surface area contributed by atoms with Crippen LogP contribution < -0.4 is 5.73 Å². The van der Waals surface area contributed by atoms with Crippen LogP contribution in [0.15, 0.2) is 22.7 Å². The summed E-state index contributed by atoms with van der Waals surface area (Å²) in [6, 6.07) is 7.85. The normalized spacial score (nSPS) is 10.3. The number of anilines is 1. The summed E-state index contributed by atoms with van der Waals surface area (Å²) in [4.78, 5) is 1.55. The maximum atomic E-state index is 9.05. The fourth-order valence-electron chi connectivity index (χ4n) is 1.80. The Bertz CT molecular complexity index is 643. The number of rotatable bonds is 2. The first-order chi connectivity index (χ1) is 8.58. The zero-order valence-corrected chi connectivity index (χ0v) is 12.8. The first-order valence-corrected chi connectivity index (χ1v) is 7.33. The van der Waals surface area contributed by atoms with Crippen LogP contribution in [0.25, 0.3) is 10.4 Å². The summed E-state index contributed by atoms with van der Waals surface area (Å²) in [6.07, 6.45) is 0.783. The highest BCUT2D eigenvalue weighted by atomic mass is 79.9. The van der Waals surface area contributed by atoms with E-state index in [-0.39, 0.29) is 0 Å². The Balaban J connectivity index is 2.68. The Hall–Kier alpha value is -1.02. The Labute approximate surface area is 123 Å². The van der Waals surface area contributed by atoms with Crippen molar-refractivity contribution in [3.8, 4) is 16.5 Å². The second-order valence-electron chi connectivity index (χ2n) is 3.74. The molecular formula is C13H10BrClN2S. The molecule has 0 bridgehead atoms. The molecule has 2 N–H and O–H groups in total. The minimum Gasteiger partial charge on any atom is -0.397 e. The molecule has 92 valence electrons. The molecule has 0 fully saturated rings. The summed E-state index contributed by atoms with van der Waals surface area (Å²) in [5.74, 6) is 0. The second kappa shape index (κ2) is 5.31. The van der Waals surface area contributed by atoms with Gasteiger partial charge in [-0.15, -0.1) is 11.3 Å². The molecule has 0 unspecified atom stereocenters. The molecule has 0 spiro atoms. The van der Waals surface area contributed by atoms with Crippen molar-refractivity contribution in [2.75, 3.05) is 5.73 Å². The highest BCUT2D eigenvalue weighted by molar-refractivity contribution is 9.10. The van der Waals surface area contributed by atoms with Gasteiger partial charge in [-0.3, -0.25) is 0 Å². The first-order valence-electron chi connectivity index (χ1n) is 5.35. The lowest BCUT2D eigenvalue weighted by Gasteiger charge is -2.05. The number of nitriles is 1. The molecule has 0 aliphatic carbocycles. The van der Waals surface area contributed by atoms with Crippen LogP contribution in [0.3, 0.4) is 0 Å². The number of thiophene rings is 1. The molecule has 0 atom stereocenters. The van der Waals surface area contributed by atoms with Crippen LogP contribution in [0.1, 0.15) is 17.4 Å². The van der Waals surface area contributed by atoms with E-state index in [4.69, 9.17) is 22.6 Å². The van der Waals surface area contributed by atoms with E-state index in [1.807, 2.05) is 25.1 Å². The molecule has 0 saturated carbocycles. The van der Waals surface area contributed by atoms with E-state index in [2.05, 4.69) is 22.0 Å². The smallest absolute Gasteiger partial charge is 0.128 e. The van der Waals surface area contributed by atoms with Gasteiger partial charge in [0, 0.05) is 14.9 Å². The maximum Gasteiger partial charge on any atom is 0.128 e. The molecule has 1 aromatic carbocycles. The van der Waals surface area contributed by atoms with Crippen molar-refractivity contribution >= 4 is 44.6 Å². The van der Waals surface area contributed by atoms with E-state index in [1.165, 1.54) is 11.3 Å². The van der Waals surface area contributed by atoms with Crippen molar-refractivity contribution in [3.05, 3.63) is 38.1 Å². The summed E-state index contributed by atoms with van der Waals surface area (Å²) >= 11 is 11.0. The average molecular weight is 342 g/mol. The lowest BCUT2D eigenvalue weighted by atomic mass is 10.1. The van der Waals surface area contributed by atoms with Gasteiger partial charge in [-0.1, -0.05) is 40.5 Å². The summed E-state index contributed by atoms with van der Waals surface area (Å²) in [6.45, 7) is 2.02. The van der Waals surface area contributed by atoms with Crippen molar-refractivity contribution in [1.82, 2.24) is 0 Å². The van der Waals surface area contributed by atoms with Gasteiger partial charge in [-0.2, -0.15) is 5.26 Å². The topological polar surface area (TPSA) is 49.8 Å². The average Bonchev–Trinajstić information content (AvgIpc) is 2.65. The van der Waals surface area contributed by atoms with E-state index < -0.39 is 0 Å². The third-order valence-electron chi connectivity index (χ3n) is 2.68. The fraction of sp³-hybridized carbons (Fsp3) is 0.154. The van der Waals surface area contributed by atoms with Gasteiger partial charge in [0.05, 0.1) is 10.7 Å². The van der Waals surface area contributed by atoms with E-state index in [9.17, 15) is 0 Å². The van der Waals surface area contributed by atoms with Gasteiger partial charge in [0.15, 0.2) is 0 Å². The van der Waals surface area contributed by atoms with Crippen molar-refractivity contribution in [2.24, 2.45) is 0 Å². The highest BCUT2D eigenvalue weighted by Crippen LogP contribution is 2.41. The van der Waals surface area contributed by atoms with Crippen molar-refractivity contribution in [3.63, 3.8) is 0 Å². The van der Waals surface area contributed by atoms with Crippen LogP contribution >= 0.6 is 38.9 Å². The Morgan fingerprint density at radius 2 is 2.22 bits per heavy atom. The third kappa shape index (κ3) is 2.26. The van der Waals surface area contributed by atoms with Gasteiger partial charge in [0.1, 0.15) is 10.9 Å². The highest BCUT2D eigenvalue weighted by Gasteiger charge is 2.17. The van der Waals surface area contributed by atoms with Gasteiger partial charge in [-0.05, 0) is 24.1 Å². The largest absolute Gasteiger partial charge is 0.397 e. The van der Waals surface area contributed by atoms with Gasteiger partial charge in [-0.25, -0.2) is 0 Å². The van der Waals surface area contributed by atoms with Crippen LogP contribution in [0.5, 0.6) is 0 Å². The Kier molecular flexibility index (Phi) is 3.96. The van der Waals surface area contributed by atoms with Gasteiger partial charge < -0.3 is 5.73 Å². The molecule has 2 rings (SSSR count). The minimum absolute atomic E-state index is 0.556. The SMILES string of the molecule is CCc1c(-c2ccc(Br)cc2Cl)sc(C#N)c1N. The molecule has 0 saturated heterocycles. The Morgan fingerprint density at radius 1 is 1.50 bits per heavy atom. The van der Waals surface area contributed by atoms with E-state index >= 15 is 0 Å². The van der Waals surface area contributed by atoms with Gasteiger partial charge >= 0.3 is 0 Å². The van der Waals surface area contributed by atoms with Crippen molar-refractivity contribution in [1.29, 1.82) is 5.26 Å². The number of hydrogen-bond acceptors (Lipinski definition) is 3. The number of nitrogen functional groups attached to an aromatic ring is 1. The Morgan fingerprint density at radius 3 is 2.78 bits per heavy atom. The zero-order valence-electron chi connectivity index (χ0n) is 9.63. The quantitative estimate of drug-likeness (QED) is 0.849. The van der Waals surface area contributed by atoms with E-state index in [0.29, 0.717) is 15.6 Å². The molecule has 1 heterocycles. The number of halogens is 2. The molecule has 0 amide bonds. The molecule has 2 nitrogen and oxygen atoms in total. The molecule has 2 aromatic rings. The van der Waals surface area contributed by atoms with Crippen LogP contribution in [-0.4, -0.2) is 0 Å². The fourth-order valence-corrected chi connectivity index (χ4v) is 3.78. The number of nitrogens with two attached hydrogens (primary N) is 1. The van der Waals surface area contributed by atoms with Crippen molar-refractivity contribution in [2.45, 2.75) is 13.3 Å². The molecule has 5 heteroatoms. The van der Waals surface area contributed by atoms with Crippen LogP contribution in [0.2, 0.25) is 5.02 Å². The molecule has 18 heavy (non-hydrogen) atoms. The molecule has 1 aromatic heterocycles. The number of hydrogen-bond donors (Lipinski definition) is 1. The van der Waals surface area contributed by atoms with Crippen LogP contribution in [-0.2, 0) is 6.42 Å². The lowest BCUT2D eigenvalue weighted by molar-refractivity contribution is 1.16. The summed E-state index contributed by atoms with van der Waals surface area (Å²) in [5, 5.41) is 9.71. The molecular weight excluding hydrogens is 332 g/mol. The predicted octanol–water partition coefficient (Wildman–Crippen LogP) is 4.85. The first kappa shape index (κ1) is 13.4. The second-order valence-corrected chi connectivity index (χ2v) is 6.09. The molecule has 0 aliphatic heterocycles. The lowest BCUT2D eigenvalue weighted by Crippen LogP contribution is -1.91. The molecule has 0 radical (unpaired) electrons. The number of nitrogens with zero attached hydrogens (tertiary/aromatic N) is 1. The predicted molar refractivity (Wildman–Crippen MR) is 81.0 cm³/mol. The number of benzene rings is 1. The van der Waals surface area contributed by atoms with Crippen LogP contribution in [0.4, 0.5) is 5.69 Å². The minimum atomic E-state index is 0.556. The zero-order chi connectivity index (χ0) is 13.3. The standard InChI is InChI=1S/C13H10BrClN2S/c1-2-8-12(17)11(6-16)18-13(8)9-4-3-7(14)5-10(9)15/h3-5H,2,17H2,1H3. The van der Waals surface area contributed by atoms with Crippen LogP contribution in [0, 0.1) is 11.3 Å². The van der Waals surface area contributed by atoms with Gasteiger partial charge in [0.2, 0.25) is 0 Å².